The maximum atomic E-state index is 12.8. The molecule has 4 nitrogen and oxygen atoms in total. The number of anilines is 1. The summed E-state index contributed by atoms with van der Waals surface area (Å²) in [6.45, 7) is 1.99. The second kappa shape index (κ2) is 6.45. The second-order valence-corrected chi connectivity index (χ2v) is 5.28. The quantitative estimate of drug-likeness (QED) is 0.873. The van der Waals surface area contributed by atoms with E-state index in [1.807, 2.05) is 0 Å². The lowest BCUT2D eigenvalue weighted by Gasteiger charge is -2.14. The molecule has 7 heteroatoms. The molecule has 0 aliphatic carbocycles. The minimum absolute atomic E-state index is 0.369. The van der Waals surface area contributed by atoms with Gasteiger partial charge in [0.2, 0.25) is 0 Å². The predicted molar refractivity (Wildman–Crippen MR) is 80.6 cm³/mol. The van der Waals surface area contributed by atoms with Crippen LogP contribution in [-0.2, 0) is 10.9 Å². The molecule has 0 saturated heterocycles. The molecule has 1 N–H and O–H groups in total. The van der Waals surface area contributed by atoms with Crippen LogP contribution < -0.4 is 5.32 Å². The third-order valence-electron chi connectivity index (χ3n) is 3.52. The van der Waals surface area contributed by atoms with Crippen LogP contribution in [0.5, 0.6) is 0 Å². The summed E-state index contributed by atoms with van der Waals surface area (Å²) in [6.07, 6.45) is 1.93. The number of rotatable bonds is 4. The van der Waals surface area contributed by atoms with E-state index in [9.17, 15) is 13.2 Å². The van der Waals surface area contributed by atoms with Gasteiger partial charge >= 0.3 is 6.18 Å². The molecule has 0 saturated carbocycles. The number of alkyl halides is 3. The summed E-state index contributed by atoms with van der Waals surface area (Å²) in [7, 11) is 0. The molecule has 0 fully saturated rings. The fourth-order valence-corrected chi connectivity index (χ4v) is 2.33. The van der Waals surface area contributed by atoms with Gasteiger partial charge in [0.05, 0.1) is 42.5 Å². The Kier molecular flexibility index (Phi) is 4.38. The van der Waals surface area contributed by atoms with Gasteiger partial charge in [-0.3, -0.25) is 0 Å². The zero-order chi connectivity index (χ0) is 16.3. The Morgan fingerprint density at radius 1 is 1.30 bits per heavy atom. The molecule has 0 atom stereocenters. The largest absolute Gasteiger partial charge is 0.416 e. The van der Waals surface area contributed by atoms with E-state index in [4.69, 9.17) is 4.74 Å². The lowest BCUT2D eigenvalue weighted by Crippen LogP contribution is -2.13. The first-order chi connectivity index (χ1) is 11.0. The van der Waals surface area contributed by atoms with E-state index in [2.05, 4.69) is 16.5 Å². The van der Waals surface area contributed by atoms with Crippen molar-refractivity contribution in [3.63, 3.8) is 0 Å². The van der Waals surface area contributed by atoms with Gasteiger partial charge in [0.15, 0.2) is 0 Å². The maximum absolute atomic E-state index is 12.8. The SMILES string of the molecule is FC(F)(F)c1cccc(-n2cc(NCC3=CCCOC3)cn2)c1. The normalized spacial score (nSPS) is 15.3. The molecule has 0 bridgehead atoms. The zero-order valence-electron chi connectivity index (χ0n) is 12.3. The highest BCUT2D eigenvalue weighted by atomic mass is 19.4. The second-order valence-electron chi connectivity index (χ2n) is 5.28. The topological polar surface area (TPSA) is 39.1 Å². The summed E-state index contributed by atoms with van der Waals surface area (Å²) < 4.78 is 45.0. The van der Waals surface area contributed by atoms with Crippen molar-refractivity contribution >= 4 is 5.69 Å². The van der Waals surface area contributed by atoms with Gasteiger partial charge in [-0.2, -0.15) is 18.3 Å². The van der Waals surface area contributed by atoms with E-state index in [-0.39, 0.29) is 0 Å². The molecule has 122 valence electrons. The number of aromatic nitrogens is 2. The van der Waals surface area contributed by atoms with Crippen molar-refractivity contribution in [2.75, 3.05) is 25.1 Å². The van der Waals surface area contributed by atoms with Crippen LogP contribution >= 0.6 is 0 Å². The Morgan fingerprint density at radius 2 is 2.17 bits per heavy atom. The van der Waals surface area contributed by atoms with Crippen LogP contribution in [0.15, 0.2) is 48.3 Å². The van der Waals surface area contributed by atoms with E-state index >= 15 is 0 Å². The van der Waals surface area contributed by atoms with Gasteiger partial charge in [-0.15, -0.1) is 0 Å². The van der Waals surface area contributed by atoms with E-state index < -0.39 is 11.7 Å². The highest BCUT2D eigenvalue weighted by Gasteiger charge is 2.30. The fraction of sp³-hybridized carbons (Fsp3) is 0.312. The minimum Gasteiger partial charge on any atom is -0.379 e. The van der Waals surface area contributed by atoms with Crippen LogP contribution in [0, 0.1) is 0 Å². The molecule has 3 rings (SSSR count). The first kappa shape index (κ1) is 15.6. The number of halogens is 3. The third-order valence-corrected chi connectivity index (χ3v) is 3.52. The number of hydrogen-bond acceptors (Lipinski definition) is 3. The zero-order valence-corrected chi connectivity index (χ0v) is 12.3. The lowest BCUT2D eigenvalue weighted by molar-refractivity contribution is -0.137. The average molecular weight is 323 g/mol. The smallest absolute Gasteiger partial charge is 0.379 e. The van der Waals surface area contributed by atoms with Gasteiger partial charge in [0.1, 0.15) is 0 Å². The molecule has 1 aliphatic heterocycles. The van der Waals surface area contributed by atoms with Crippen LogP contribution in [0.3, 0.4) is 0 Å². The summed E-state index contributed by atoms with van der Waals surface area (Å²) in [5.41, 5.74) is 1.58. The highest BCUT2D eigenvalue weighted by Crippen LogP contribution is 2.30. The minimum atomic E-state index is -4.36. The van der Waals surface area contributed by atoms with Crippen molar-refractivity contribution in [2.24, 2.45) is 0 Å². The number of benzene rings is 1. The summed E-state index contributed by atoms with van der Waals surface area (Å²) in [6, 6.07) is 5.08. The van der Waals surface area contributed by atoms with Crippen molar-refractivity contribution in [3.05, 3.63) is 53.9 Å². The van der Waals surface area contributed by atoms with Crippen molar-refractivity contribution in [2.45, 2.75) is 12.6 Å². The van der Waals surface area contributed by atoms with Crippen molar-refractivity contribution in [1.82, 2.24) is 9.78 Å². The molecule has 1 aromatic carbocycles. The molecule has 0 unspecified atom stereocenters. The molecule has 0 radical (unpaired) electrons. The molecular weight excluding hydrogens is 307 g/mol. The first-order valence-corrected chi connectivity index (χ1v) is 7.24. The van der Waals surface area contributed by atoms with Crippen molar-refractivity contribution in [3.8, 4) is 5.69 Å². The molecule has 23 heavy (non-hydrogen) atoms. The third kappa shape index (κ3) is 3.92. The summed E-state index contributed by atoms with van der Waals surface area (Å²) in [4.78, 5) is 0. The molecule has 0 spiro atoms. The Hall–Kier alpha value is -2.28. The monoisotopic (exact) mass is 323 g/mol. The lowest BCUT2D eigenvalue weighted by atomic mass is 10.2. The molecule has 1 aliphatic rings. The molecule has 1 aromatic heterocycles. The highest BCUT2D eigenvalue weighted by molar-refractivity contribution is 5.44. The number of nitrogens with one attached hydrogen (secondary N) is 1. The van der Waals surface area contributed by atoms with Gasteiger partial charge in [-0.1, -0.05) is 12.1 Å². The number of ether oxygens (including phenoxy) is 1. The number of nitrogens with zero attached hydrogens (tertiary/aromatic N) is 2. The molecular formula is C16H16F3N3O. The van der Waals surface area contributed by atoms with Crippen LogP contribution in [0.25, 0.3) is 5.69 Å². The van der Waals surface area contributed by atoms with E-state index in [1.54, 1.807) is 18.5 Å². The average Bonchev–Trinajstić information content (AvgIpc) is 3.02. The van der Waals surface area contributed by atoms with E-state index in [0.29, 0.717) is 18.8 Å². The van der Waals surface area contributed by atoms with Crippen LogP contribution in [0.1, 0.15) is 12.0 Å². The Balaban J connectivity index is 1.70. The van der Waals surface area contributed by atoms with Crippen LogP contribution in [0.4, 0.5) is 18.9 Å². The van der Waals surface area contributed by atoms with Crippen LogP contribution in [0.2, 0.25) is 0 Å². The number of hydrogen-bond donors (Lipinski definition) is 1. The van der Waals surface area contributed by atoms with Crippen molar-refractivity contribution in [1.29, 1.82) is 0 Å². The molecule has 0 amide bonds. The van der Waals surface area contributed by atoms with Crippen LogP contribution in [-0.4, -0.2) is 29.5 Å². The first-order valence-electron chi connectivity index (χ1n) is 7.24. The van der Waals surface area contributed by atoms with Gasteiger partial charge in [-0.05, 0) is 30.2 Å². The Labute approximate surface area is 131 Å². The predicted octanol–water partition coefficient (Wildman–Crippen LogP) is 3.65. The van der Waals surface area contributed by atoms with Crippen molar-refractivity contribution < 1.29 is 17.9 Å². The summed E-state index contributed by atoms with van der Waals surface area (Å²) >= 11 is 0. The fourth-order valence-electron chi connectivity index (χ4n) is 2.33. The Morgan fingerprint density at radius 3 is 2.91 bits per heavy atom. The van der Waals surface area contributed by atoms with E-state index in [1.165, 1.54) is 10.7 Å². The van der Waals surface area contributed by atoms with Gasteiger partial charge in [0.25, 0.3) is 0 Å². The maximum Gasteiger partial charge on any atom is 0.416 e. The molecule has 2 heterocycles. The van der Waals surface area contributed by atoms with Gasteiger partial charge in [0, 0.05) is 6.54 Å². The Bertz CT molecular complexity index is 707. The summed E-state index contributed by atoms with van der Waals surface area (Å²) in [5, 5.41) is 7.30. The van der Waals surface area contributed by atoms with Gasteiger partial charge < -0.3 is 10.1 Å². The molecule has 2 aromatic rings. The van der Waals surface area contributed by atoms with Gasteiger partial charge in [-0.25, -0.2) is 4.68 Å². The standard InChI is InChI=1S/C16H16F3N3O/c17-16(18,19)13-4-1-5-15(7-13)22-10-14(9-21-22)20-8-12-3-2-6-23-11-12/h1,3-5,7,9-10,20H,2,6,8,11H2. The van der Waals surface area contributed by atoms with E-state index in [0.717, 1.165) is 36.4 Å². The summed E-state index contributed by atoms with van der Waals surface area (Å²) in [5.74, 6) is 0.